The summed E-state index contributed by atoms with van der Waals surface area (Å²) in [5.74, 6) is 1.78. The highest BCUT2D eigenvalue weighted by Crippen LogP contribution is 2.43. The second-order valence-electron chi connectivity index (χ2n) is 14.7. The molecule has 58 heavy (non-hydrogen) atoms. The second kappa shape index (κ2) is 12.8. The highest BCUT2D eigenvalue weighted by Gasteiger charge is 2.21. The van der Waals surface area contributed by atoms with Gasteiger partial charge in [-0.25, -0.2) is 15.0 Å². The van der Waals surface area contributed by atoms with Crippen LogP contribution in [0.1, 0.15) is 0 Å². The Labute approximate surface area is 332 Å². The van der Waals surface area contributed by atoms with Gasteiger partial charge in [-0.05, 0) is 80.2 Å². The van der Waals surface area contributed by atoms with Crippen LogP contribution in [0, 0.1) is 0 Å². The number of benzene rings is 9. The minimum absolute atomic E-state index is 0.575. The predicted molar refractivity (Wildman–Crippen MR) is 237 cm³/mol. The van der Waals surface area contributed by atoms with Gasteiger partial charge in [-0.2, -0.15) is 0 Å². The fourth-order valence-electron chi connectivity index (χ4n) is 8.53. The Morgan fingerprint density at radius 2 is 0.828 bits per heavy atom. The summed E-state index contributed by atoms with van der Waals surface area (Å²) in [6, 6.07) is 65.1. The molecule has 0 aliphatic heterocycles. The molecule has 12 rings (SSSR count). The van der Waals surface area contributed by atoms with Crippen LogP contribution in [0.25, 0.3) is 122 Å². The van der Waals surface area contributed by atoms with Gasteiger partial charge in [0.15, 0.2) is 17.5 Å². The van der Waals surface area contributed by atoms with E-state index in [2.05, 4.69) is 164 Å². The van der Waals surface area contributed by atoms with Crippen molar-refractivity contribution in [2.45, 2.75) is 0 Å². The van der Waals surface area contributed by atoms with E-state index in [9.17, 15) is 0 Å². The summed E-state index contributed by atoms with van der Waals surface area (Å²) in [4.78, 5) is 15.6. The Hall–Kier alpha value is -7.89. The molecule has 0 radical (unpaired) electrons. The van der Waals surface area contributed by atoms with Gasteiger partial charge >= 0.3 is 0 Å². The molecule has 0 aliphatic rings. The zero-order chi connectivity index (χ0) is 38.2. The minimum Gasteiger partial charge on any atom is -0.456 e. The van der Waals surface area contributed by atoms with E-state index >= 15 is 0 Å². The van der Waals surface area contributed by atoms with E-state index in [4.69, 9.17) is 23.8 Å². The normalized spacial score (nSPS) is 11.8. The van der Waals surface area contributed by atoms with Crippen LogP contribution in [-0.4, -0.2) is 15.0 Å². The fourth-order valence-corrected chi connectivity index (χ4v) is 8.53. The summed E-state index contributed by atoms with van der Waals surface area (Å²) >= 11 is 0. The number of rotatable bonds is 5. The summed E-state index contributed by atoms with van der Waals surface area (Å²) in [5, 5.41) is 8.80. The first-order valence-corrected chi connectivity index (χ1v) is 19.4. The molecule has 0 N–H and O–H groups in total. The molecule has 0 spiro atoms. The predicted octanol–water partition coefficient (Wildman–Crippen LogP) is 14.3. The number of hydrogen-bond acceptors (Lipinski definition) is 5. The van der Waals surface area contributed by atoms with E-state index in [0.717, 1.165) is 93.6 Å². The van der Waals surface area contributed by atoms with Crippen LogP contribution in [0.5, 0.6) is 0 Å². The van der Waals surface area contributed by atoms with Gasteiger partial charge in [-0.1, -0.05) is 152 Å². The van der Waals surface area contributed by atoms with Gasteiger partial charge in [-0.15, -0.1) is 0 Å². The highest BCUT2D eigenvalue weighted by molar-refractivity contribution is 6.21. The lowest BCUT2D eigenvalue weighted by Crippen LogP contribution is -2.00. The average molecular weight is 742 g/mol. The summed E-state index contributed by atoms with van der Waals surface area (Å²) in [6.45, 7) is 0. The Kier molecular flexibility index (Phi) is 7.16. The van der Waals surface area contributed by atoms with Crippen LogP contribution in [-0.2, 0) is 0 Å². The first kappa shape index (κ1) is 32.4. The van der Waals surface area contributed by atoms with Crippen molar-refractivity contribution in [3.63, 3.8) is 0 Å². The molecule has 0 unspecified atom stereocenters. The molecule has 0 fully saturated rings. The van der Waals surface area contributed by atoms with Crippen LogP contribution in [0.4, 0.5) is 0 Å². The molecule has 0 aliphatic carbocycles. The van der Waals surface area contributed by atoms with Gasteiger partial charge in [0.1, 0.15) is 22.3 Å². The van der Waals surface area contributed by atoms with Crippen LogP contribution in [0.2, 0.25) is 0 Å². The van der Waals surface area contributed by atoms with Gasteiger partial charge in [0.25, 0.3) is 0 Å². The highest BCUT2D eigenvalue weighted by atomic mass is 16.3. The van der Waals surface area contributed by atoms with E-state index in [1.165, 1.54) is 10.8 Å². The van der Waals surface area contributed by atoms with Crippen molar-refractivity contribution in [3.05, 3.63) is 188 Å². The molecule has 3 heterocycles. The average Bonchev–Trinajstić information content (AvgIpc) is 3.88. The van der Waals surface area contributed by atoms with Crippen LogP contribution in [0.15, 0.2) is 197 Å². The number of nitrogens with zero attached hydrogens (tertiary/aromatic N) is 3. The molecule has 5 heteroatoms. The maximum Gasteiger partial charge on any atom is 0.164 e. The van der Waals surface area contributed by atoms with Crippen molar-refractivity contribution < 1.29 is 8.83 Å². The lowest BCUT2D eigenvalue weighted by Gasteiger charge is -2.11. The number of aromatic nitrogens is 3. The molecule has 270 valence electrons. The van der Waals surface area contributed by atoms with E-state index in [-0.39, 0.29) is 0 Å². The van der Waals surface area contributed by atoms with Crippen molar-refractivity contribution in [1.82, 2.24) is 15.0 Å². The molecule has 0 amide bonds. The second-order valence-corrected chi connectivity index (χ2v) is 14.7. The van der Waals surface area contributed by atoms with Gasteiger partial charge < -0.3 is 8.83 Å². The third-order valence-electron chi connectivity index (χ3n) is 11.3. The van der Waals surface area contributed by atoms with E-state index in [0.29, 0.717) is 17.5 Å². The molecule has 0 saturated carbocycles. The Morgan fingerprint density at radius 1 is 0.276 bits per heavy atom. The molecular weight excluding hydrogens is 711 g/mol. The Bertz CT molecular complexity index is 3570. The zero-order valence-electron chi connectivity index (χ0n) is 31.1. The third kappa shape index (κ3) is 5.21. The third-order valence-corrected chi connectivity index (χ3v) is 11.3. The van der Waals surface area contributed by atoms with Crippen molar-refractivity contribution in [2.75, 3.05) is 0 Å². The smallest absolute Gasteiger partial charge is 0.164 e. The first-order valence-electron chi connectivity index (χ1n) is 19.4. The maximum atomic E-state index is 6.62. The largest absolute Gasteiger partial charge is 0.456 e. The molecule has 5 nitrogen and oxygen atoms in total. The Balaban J connectivity index is 1.07. The summed E-state index contributed by atoms with van der Waals surface area (Å²) in [5.41, 5.74) is 10.4. The standard InChI is InChI=1S/C53H31N3O2/c1-2-10-32(11-3-1)34-20-23-36(24-21-34)51-54-52(39-25-22-33-12-4-5-14-37(33)30-39)56-53(55-51)42-17-9-19-46-50(42)49-41(16-8-18-45(49)58-46)38-27-28-44-43(31-38)48-40-15-7-6-13-35(40)26-29-47(48)57-44/h1-31H. The van der Waals surface area contributed by atoms with Gasteiger partial charge in [0.05, 0.1) is 0 Å². The summed E-state index contributed by atoms with van der Waals surface area (Å²) < 4.78 is 13.0. The lowest BCUT2D eigenvalue weighted by atomic mass is 9.95. The van der Waals surface area contributed by atoms with Gasteiger partial charge in [-0.3, -0.25) is 0 Å². The van der Waals surface area contributed by atoms with Crippen molar-refractivity contribution in [3.8, 4) is 56.4 Å². The number of fused-ring (bicyclic) bond motifs is 9. The summed E-state index contributed by atoms with van der Waals surface area (Å²) in [6.07, 6.45) is 0. The van der Waals surface area contributed by atoms with Crippen molar-refractivity contribution >= 4 is 65.4 Å². The lowest BCUT2D eigenvalue weighted by molar-refractivity contribution is 0.669. The molecule has 0 bridgehead atoms. The fraction of sp³-hybridized carbons (Fsp3) is 0. The number of furan rings is 2. The van der Waals surface area contributed by atoms with Crippen molar-refractivity contribution in [1.29, 1.82) is 0 Å². The SMILES string of the molecule is c1ccc(-c2ccc(-c3nc(-c4ccc5ccccc5c4)nc(-c4cccc5oc6cccc(-c7ccc8oc9ccc%10ccccc%10c9c8c7)c6c45)n3)cc2)cc1. The van der Waals surface area contributed by atoms with E-state index in [1.807, 2.05) is 24.3 Å². The molecule has 0 atom stereocenters. The molecular formula is C53H31N3O2. The molecule has 0 saturated heterocycles. The van der Waals surface area contributed by atoms with Crippen LogP contribution < -0.4 is 0 Å². The van der Waals surface area contributed by atoms with Gasteiger partial charge in [0, 0.05) is 38.2 Å². The maximum absolute atomic E-state index is 6.62. The number of hydrogen-bond donors (Lipinski definition) is 0. The monoisotopic (exact) mass is 741 g/mol. The quantitative estimate of drug-likeness (QED) is 0.176. The molecule has 3 aromatic heterocycles. The zero-order valence-corrected chi connectivity index (χ0v) is 31.1. The van der Waals surface area contributed by atoms with E-state index in [1.54, 1.807) is 0 Å². The first-order chi connectivity index (χ1) is 28.7. The minimum atomic E-state index is 0.575. The van der Waals surface area contributed by atoms with E-state index < -0.39 is 0 Å². The van der Waals surface area contributed by atoms with Crippen LogP contribution >= 0.6 is 0 Å². The topological polar surface area (TPSA) is 65.0 Å². The van der Waals surface area contributed by atoms with Gasteiger partial charge in [0.2, 0.25) is 0 Å². The molecule has 12 aromatic rings. The Morgan fingerprint density at radius 3 is 1.66 bits per heavy atom. The van der Waals surface area contributed by atoms with Crippen LogP contribution in [0.3, 0.4) is 0 Å². The van der Waals surface area contributed by atoms with Crippen molar-refractivity contribution in [2.24, 2.45) is 0 Å². The summed E-state index contributed by atoms with van der Waals surface area (Å²) in [7, 11) is 0. The molecule has 9 aromatic carbocycles.